The third kappa shape index (κ3) is 7.64. The third-order valence-corrected chi connectivity index (χ3v) is 8.37. The van der Waals surface area contributed by atoms with Gasteiger partial charge in [0, 0.05) is 35.8 Å². The largest absolute Gasteiger partial charge is 0.465 e. The van der Waals surface area contributed by atoms with Crippen LogP contribution in [-0.4, -0.2) is 52.5 Å². The second-order valence-electron chi connectivity index (χ2n) is 12.0. The summed E-state index contributed by atoms with van der Waals surface area (Å²) >= 11 is 1.51. The molecule has 240 valence electrons. The van der Waals surface area contributed by atoms with E-state index in [0.717, 1.165) is 15.8 Å². The maximum Gasteiger partial charge on any atom is 0.412 e. The molecule has 0 radical (unpaired) electrons. The minimum absolute atomic E-state index is 0.185. The first-order valence-corrected chi connectivity index (χ1v) is 15.8. The van der Waals surface area contributed by atoms with Crippen LogP contribution in [-0.2, 0) is 11.2 Å². The van der Waals surface area contributed by atoms with E-state index < -0.39 is 29.5 Å². The van der Waals surface area contributed by atoms with E-state index in [1.807, 2.05) is 48.5 Å². The van der Waals surface area contributed by atoms with E-state index in [1.54, 1.807) is 75.8 Å². The quantitative estimate of drug-likeness (QED) is 0.160. The SMILES string of the molecule is CN(C(=O)C(Cc1ccccc1)NC(=O)c1cccc(C(=O)Nc2ccccc2N(C(=O)O)C(C)(C)C)c1)c1ccc2scnc2c1. The molecule has 0 aliphatic rings. The van der Waals surface area contributed by atoms with Gasteiger partial charge < -0.3 is 20.6 Å². The van der Waals surface area contributed by atoms with Crippen molar-refractivity contribution in [1.82, 2.24) is 10.3 Å². The molecule has 0 saturated heterocycles. The van der Waals surface area contributed by atoms with Crippen LogP contribution < -0.4 is 20.4 Å². The van der Waals surface area contributed by atoms with Crippen molar-refractivity contribution < 1.29 is 24.3 Å². The number of carboxylic acid groups (broad SMARTS) is 1. The van der Waals surface area contributed by atoms with E-state index in [-0.39, 0.29) is 23.5 Å². The first-order valence-electron chi connectivity index (χ1n) is 14.9. The normalized spacial score (nSPS) is 11.8. The number of rotatable bonds is 9. The highest BCUT2D eigenvalue weighted by Crippen LogP contribution is 2.32. The molecule has 11 heteroatoms. The Bertz CT molecular complexity index is 1940. The number of nitrogens with zero attached hydrogens (tertiary/aromatic N) is 3. The molecule has 0 spiro atoms. The fourth-order valence-electron chi connectivity index (χ4n) is 5.23. The number of benzene rings is 4. The van der Waals surface area contributed by atoms with Gasteiger partial charge in [-0.25, -0.2) is 9.78 Å². The number of fused-ring (bicyclic) bond motifs is 1. The molecule has 5 aromatic rings. The second-order valence-corrected chi connectivity index (χ2v) is 12.8. The van der Waals surface area contributed by atoms with Gasteiger partial charge in [-0.05, 0) is 74.9 Å². The van der Waals surface area contributed by atoms with E-state index in [9.17, 15) is 24.3 Å². The molecule has 0 saturated carbocycles. The number of aromatic nitrogens is 1. The van der Waals surface area contributed by atoms with Crippen molar-refractivity contribution >= 4 is 62.4 Å². The fraction of sp³-hybridized carbons (Fsp3) is 0.194. The van der Waals surface area contributed by atoms with Crippen LogP contribution in [0, 0.1) is 0 Å². The number of hydrogen-bond acceptors (Lipinski definition) is 6. The molecule has 0 aliphatic heterocycles. The average Bonchev–Trinajstić information content (AvgIpc) is 3.52. The van der Waals surface area contributed by atoms with Crippen molar-refractivity contribution in [3.8, 4) is 0 Å². The number of anilines is 3. The summed E-state index contributed by atoms with van der Waals surface area (Å²) in [5, 5.41) is 15.6. The zero-order valence-corrected chi connectivity index (χ0v) is 27.2. The molecule has 0 aliphatic carbocycles. The Morgan fingerprint density at radius 1 is 0.851 bits per heavy atom. The van der Waals surface area contributed by atoms with E-state index >= 15 is 0 Å². The topological polar surface area (TPSA) is 132 Å². The van der Waals surface area contributed by atoms with Crippen molar-refractivity contribution in [2.45, 2.75) is 38.8 Å². The summed E-state index contributed by atoms with van der Waals surface area (Å²) in [4.78, 5) is 60.0. The standard InChI is InChI=1S/C36H35N5O5S/c1-36(2,3)41(35(45)46)30-16-9-8-15-27(30)38-32(42)24-13-10-14-25(20-24)33(43)39-29(19-23-11-6-5-7-12-23)34(44)40(4)26-17-18-31-28(21-26)37-22-47-31/h5-18,20-22,29H,19H2,1-4H3,(H,38,42)(H,39,43)(H,45,46). The predicted octanol–water partition coefficient (Wildman–Crippen LogP) is 6.84. The van der Waals surface area contributed by atoms with E-state index in [0.29, 0.717) is 17.1 Å². The van der Waals surface area contributed by atoms with Gasteiger partial charge in [0.25, 0.3) is 11.8 Å². The molecule has 10 nitrogen and oxygen atoms in total. The summed E-state index contributed by atoms with van der Waals surface area (Å²) in [5.74, 6) is -1.37. The molecule has 1 aromatic heterocycles. The molecular formula is C36H35N5O5S. The van der Waals surface area contributed by atoms with Crippen LogP contribution in [0.15, 0.2) is 103 Å². The highest BCUT2D eigenvalue weighted by atomic mass is 32.1. The van der Waals surface area contributed by atoms with Crippen LogP contribution in [0.4, 0.5) is 21.9 Å². The summed E-state index contributed by atoms with van der Waals surface area (Å²) in [6.45, 7) is 5.28. The first-order chi connectivity index (χ1) is 22.4. The van der Waals surface area contributed by atoms with Gasteiger partial charge in [0.05, 0.1) is 27.1 Å². The number of para-hydroxylation sites is 2. The van der Waals surface area contributed by atoms with Gasteiger partial charge in [0.1, 0.15) is 6.04 Å². The van der Waals surface area contributed by atoms with Crippen LogP contribution in [0.25, 0.3) is 10.2 Å². The lowest BCUT2D eigenvalue weighted by Gasteiger charge is -2.34. The van der Waals surface area contributed by atoms with Crippen LogP contribution in [0.3, 0.4) is 0 Å². The predicted molar refractivity (Wildman–Crippen MR) is 186 cm³/mol. The Hall–Kier alpha value is -5.55. The smallest absolute Gasteiger partial charge is 0.412 e. The van der Waals surface area contributed by atoms with Crippen molar-refractivity contribution in [3.63, 3.8) is 0 Å². The molecule has 1 unspecified atom stereocenters. The van der Waals surface area contributed by atoms with Gasteiger partial charge in [-0.15, -0.1) is 11.3 Å². The Kier molecular flexibility index (Phi) is 9.67. The van der Waals surface area contributed by atoms with Gasteiger partial charge >= 0.3 is 6.09 Å². The molecule has 1 heterocycles. The second kappa shape index (κ2) is 13.8. The summed E-state index contributed by atoms with van der Waals surface area (Å²) in [6.07, 6.45) is -0.911. The number of hydrogen-bond donors (Lipinski definition) is 3. The molecule has 4 amide bonds. The van der Waals surface area contributed by atoms with Crippen molar-refractivity contribution in [3.05, 3.63) is 119 Å². The first kappa shape index (κ1) is 32.8. The highest BCUT2D eigenvalue weighted by Gasteiger charge is 2.30. The number of nitrogens with one attached hydrogen (secondary N) is 2. The zero-order valence-electron chi connectivity index (χ0n) is 26.4. The lowest BCUT2D eigenvalue weighted by atomic mass is 10.0. The Labute approximate surface area is 276 Å². The number of thiazole rings is 1. The molecule has 0 fully saturated rings. The van der Waals surface area contributed by atoms with E-state index in [4.69, 9.17) is 0 Å². The van der Waals surface area contributed by atoms with Crippen LogP contribution in [0.2, 0.25) is 0 Å². The summed E-state index contributed by atoms with van der Waals surface area (Å²) in [5.41, 5.74) is 4.25. The lowest BCUT2D eigenvalue weighted by molar-refractivity contribution is -0.120. The van der Waals surface area contributed by atoms with Gasteiger partial charge in [-0.3, -0.25) is 19.3 Å². The van der Waals surface area contributed by atoms with E-state index in [2.05, 4.69) is 15.6 Å². The maximum atomic E-state index is 13.9. The Balaban J connectivity index is 1.37. The van der Waals surface area contributed by atoms with E-state index in [1.165, 1.54) is 27.2 Å². The van der Waals surface area contributed by atoms with Gasteiger partial charge in [0.2, 0.25) is 5.91 Å². The minimum atomic E-state index is -1.16. The monoisotopic (exact) mass is 649 g/mol. The van der Waals surface area contributed by atoms with Crippen molar-refractivity contribution in [2.24, 2.45) is 0 Å². The number of carbonyl (C=O) groups is 4. The van der Waals surface area contributed by atoms with Gasteiger partial charge in [-0.1, -0.05) is 48.5 Å². The number of carbonyl (C=O) groups excluding carboxylic acids is 3. The summed E-state index contributed by atoms with van der Waals surface area (Å²) in [6, 6.07) is 26.9. The highest BCUT2D eigenvalue weighted by molar-refractivity contribution is 7.16. The minimum Gasteiger partial charge on any atom is -0.465 e. The zero-order chi connectivity index (χ0) is 33.7. The van der Waals surface area contributed by atoms with Gasteiger partial charge in [-0.2, -0.15) is 0 Å². The summed E-state index contributed by atoms with van der Waals surface area (Å²) < 4.78 is 1.00. The molecule has 1 atom stereocenters. The third-order valence-electron chi connectivity index (χ3n) is 7.56. The van der Waals surface area contributed by atoms with Gasteiger partial charge in [0.15, 0.2) is 0 Å². The summed E-state index contributed by atoms with van der Waals surface area (Å²) in [7, 11) is 1.66. The fourth-order valence-corrected chi connectivity index (χ4v) is 5.89. The molecule has 5 rings (SSSR count). The van der Waals surface area contributed by atoms with Crippen LogP contribution in [0.5, 0.6) is 0 Å². The molecule has 0 bridgehead atoms. The van der Waals surface area contributed by atoms with Crippen molar-refractivity contribution in [1.29, 1.82) is 0 Å². The lowest BCUT2D eigenvalue weighted by Crippen LogP contribution is -2.48. The molecule has 3 N–H and O–H groups in total. The Morgan fingerprint density at radius 3 is 2.23 bits per heavy atom. The number of likely N-dealkylation sites (N-methyl/N-ethyl adjacent to an activating group) is 1. The molecular weight excluding hydrogens is 614 g/mol. The number of amides is 4. The maximum absolute atomic E-state index is 13.9. The average molecular weight is 650 g/mol. The molecule has 47 heavy (non-hydrogen) atoms. The Morgan fingerprint density at radius 2 is 1.53 bits per heavy atom. The molecule has 4 aromatic carbocycles. The van der Waals surface area contributed by atoms with Crippen LogP contribution >= 0.6 is 11.3 Å². The van der Waals surface area contributed by atoms with Crippen LogP contribution in [0.1, 0.15) is 47.1 Å². The van der Waals surface area contributed by atoms with Crippen molar-refractivity contribution in [2.75, 3.05) is 22.2 Å².